The summed E-state index contributed by atoms with van der Waals surface area (Å²) in [5.41, 5.74) is 0.984. The van der Waals surface area contributed by atoms with Crippen LogP contribution in [0.25, 0.3) is 10.2 Å². The summed E-state index contributed by atoms with van der Waals surface area (Å²) in [4.78, 5) is 4.10. The van der Waals surface area contributed by atoms with E-state index in [1.165, 1.54) is 11.3 Å². The third-order valence-corrected chi connectivity index (χ3v) is 3.39. The van der Waals surface area contributed by atoms with Crippen LogP contribution in [0.3, 0.4) is 0 Å². The van der Waals surface area contributed by atoms with Gasteiger partial charge >= 0.3 is 0 Å². The van der Waals surface area contributed by atoms with Crippen LogP contribution >= 0.6 is 34.5 Å². The first-order chi connectivity index (χ1) is 8.25. The predicted molar refractivity (Wildman–Crippen MR) is 76.1 cm³/mol. The van der Waals surface area contributed by atoms with Crippen LogP contribution in [0.5, 0.6) is 0 Å². The molecule has 86 valence electrons. The van der Waals surface area contributed by atoms with Gasteiger partial charge in [-0.25, -0.2) is 4.98 Å². The SMILES string of the molecule is Clc1ccccc1.Clc1nc2ccccc2s1. The molecule has 2 aromatic carbocycles. The third kappa shape index (κ3) is 3.70. The van der Waals surface area contributed by atoms with Crippen LogP contribution in [0.2, 0.25) is 9.49 Å². The minimum absolute atomic E-state index is 0.612. The quantitative estimate of drug-likeness (QED) is 0.546. The van der Waals surface area contributed by atoms with Crippen molar-refractivity contribution in [3.8, 4) is 0 Å². The molecule has 0 bridgehead atoms. The molecular formula is C13H9Cl2NS. The Bertz CT molecular complexity index is 559. The molecule has 0 saturated heterocycles. The maximum Gasteiger partial charge on any atom is 0.184 e. The van der Waals surface area contributed by atoms with Crippen LogP contribution in [-0.2, 0) is 0 Å². The average molecular weight is 282 g/mol. The van der Waals surface area contributed by atoms with Gasteiger partial charge in [-0.1, -0.05) is 53.5 Å². The van der Waals surface area contributed by atoms with Gasteiger partial charge in [-0.3, -0.25) is 0 Å². The highest BCUT2D eigenvalue weighted by atomic mass is 35.5. The molecule has 0 amide bonds. The Hall–Kier alpha value is -1.09. The van der Waals surface area contributed by atoms with Crippen molar-refractivity contribution in [2.24, 2.45) is 0 Å². The molecule has 1 aromatic heterocycles. The number of hydrogen-bond donors (Lipinski definition) is 0. The van der Waals surface area contributed by atoms with E-state index in [9.17, 15) is 0 Å². The Morgan fingerprint density at radius 2 is 1.47 bits per heavy atom. The zero-order valence-electron chi connectivity index (χ0n) is 8.81. The molecule has 1 heterocycles. The van der Waals surface area contributed by atoms with Crippen molar-refractivity contribution in [2.75, 3.05) is 0 Å². The number of nitrogens with zero attached hydrogens (tertiary/aromatic N) is 1. The zero-order valence-corrected chi connectivity index (χ0v) is 11.1. The van der Waals surface area contributed by atoms with Crippen LogP contribution < -0.4 is 0 Å². The molecule has 0 aliphatic heterocycles. The number of fused-ring (bicyclic) bond motifs is 1. The Morgan fingerprint density at radius 1 is 0.824 bits per heavy atom. The second-order valence-electron chi connectivity index (χ2n) is 3.23. The van der Waals surface area contributed by atoms with Crippen LogP contribution in [-0.4, -0.2) is 4.98 Å². The molecule has 0 fully saturated rings. The van der Waals surface area contributed by atoms with Gasteiger partial charge in [0.05, 0.1) is 10.2 Å². The van der Waals surface area contributed by atoms with Crippen molar-refractivity contribution in [3.63, 3.8) is 0 Å². The number of halogens is 2. The lowest BCUT2D eigenvalue weighted by Crippen LogP contribution is -1.62. The van der Waals surface area contributed by atoms with E-state index < -0.39 is 0 Å². The van der Waals surface area contributed by atoms with Gasteiger partial charge in [0.25, 0.3) is 0 Å². The molecule has 3 rings (SSSR count). The fourth-order valence-corrected chi connectivity index (χ4v) is 2.43. The summed E-state index contributed by atoms with van der Waals surface area (Å²) in [6.45, 7) is 0. The highest BCUT2D eigenvalue weighted by Crippen LogP contribution is 2.24. The van der Waals surface area contributed by atoms with E-state index >= 15 is 0 Å². The van der Waals surface area contributed by atoms with Gasteiger partial charge in [-0.05, 0) is 24.3 Å². The first-order valence-electron chi connectivity index (χ1n) is 4.97. The summed E-state index contributed by atoms with van der Waals surface area (Å²) in [5.74, 6) is 0. The van der Waals surface area contributed by atoms with Gasteiger partial charge < -0.3 is 0 Å². The standard InChI is InChI=1S/C7H4ClNS.C6H5Cl/c8-7-9-5-3-1-2-4-6(5)10-7;7-6-4-2-1-3-5-6/h1-4H;1-5H. The van der Waals surface area contributed by atoms with Crippen molar-refractivity contribution in [1.82, 2.24) is 4.98 Å². The molecule has 0 radical (unpaired) electrons. The smallest absolute Gasteiger partial charge is 0.184 e. The van der Waals surface area contributed by atoms with E-state index in [0.717, 1.165) is 15.2 Å². The van der Waals surface area contributed by atoms with Crippen molar-refractivity contribution >= 4 is 44.8 Å². The monoisotopic (exact) mass is 281 g/mol. The van der Waals surface area contributed by atoms with E-state index in [-0.39, 0.29) is 0 Å². The summed E-state index contributed by atoms with van der Waals surface area (Å²) < 4.78 is 1.76. The average Bonchev–Trinajstić information content (AvgIpc) is 2.71. The van der Waals surface area contributed by atoms with Crippen LogP contribution in [0.4, 0.5) is 0 Å². The van der Waals surface area contributed by atoms with E-state index in [2.05, 4.69) is 4.98 Å². The molecule has 0 spiro atoms. The lowest BCUT2D eigenvalue weighted by Gasteiger charge is -1.80. The van der Waals surface area contributed by atoms with Crippen molar-refractivity contribution in [2.45, 2.75) is 0 Å². The van der Waals surface area contributed by atoms with Gasteiger partial charge in [-0.2, -0.15) is 0 Å². The van der Waals surface area contributed by atoms with E-state index in [1.807, 2.05) is 54.6 Å². The van der Waals surface area contributed by atoms with Crippen LogP contribution in [0.15, 0.2) is 54.6 Å². The predicted octanol–water partition coefficient (Wildman–Crippen LogP) is 5.29. The second kappa shape index (κ2) is 6.01. The van der Waals surface area contributed by atoms with Gasteiger partial charge in [0.2, 0.25) is 0 Å². The summed E-state index contributed by atoms with van der Waals surface area (Å²) >= 11 is 12.7. The lowest BCUT2D eigenvalue weighted by atomic mass is 10.3. The van der Waals surface area contributed by atoms with Crippen molar-refractivity contribution in [1.29, 1.82) is 0 Å². The minimum Gasteiger partial charge on any atom is -0.225 e. The van der Waals surface area contributed by atoms with Gasteiger partial charge in [-0.15, -0.1) is 11.3 Å². The maximum atomic E-state index is 5.69. The van der Waals surface area contributed by atoms with Crippen molar-refractivity contribution < 1.29 is 0 Å². The number of thiazole rings is 1. The van der Waals surface area contributed by atoms with E-state index in [0.29, 0.717) is 4.47 Å². The number of rotatable bonds is 0. The van der Waals surface area contributed by atoms with Crippen LogP contribution in [0.1, 0.15) is 0 Å². The first-order valence-corrected chi connectivity index (χ1v) is 6.54. The fraction of sp³-hybridized carbons (Fsp3) is 0. The minimum atomic E-state index is 0.612. The molecule has 0 atom stereocenters. The van der Waals surface area contributed by atoms with Crippen molar-refractivity contribution in [3.05, 3.63) is 64.1 Å². The number of benzene rings is 2. The zero-order chi connectivity index (χ0) is 12.1. The highest BCUT2D eigenvalue weighted by Gasteiger charge is 1.97. The normalized spacial score (nSPS) is 9.76. The summed E-state index contributed by atoms with van der Waals surface area (Å²) in [6.07, 6.45) is 0. The molecule has 3 aromatic rings. The molecule has 0 saturated carbocycles. The summed E-state index contributed by atoms with van der Waals surface area (Å²) in [7, 11) is 0. The molecule has 0 unspecified atom stereocenters. The molecule has 4 heteroatoms. The Morgan fingerprint density at radius 3 is 2.06 bits per heavy atom. The van der Waals surface area contributed by atoms with Gasteiger partial charge in [0.1, 0.15) is 0 Å². The highest BCUT2D eigenvalue weighted by molar-refractivity contribution is 7.22. The number of aromatic nitrogens is 1. The van der Waals surface area contributed by atoms with Crippen LogP contribution in [0, 0.1) is 0 Å². The molecular weight excluding hydrogens is 273 g/mol. The maximum absolute atomic E-state index is 5.69. The Kier molecular flexibility index (Phi) is 4.37. The number of hydrogen-bond acceptors (Lipinski definition) is 2. The molecule has 0 aliphatic carbocycles. The molecule has 0 N–H and O–H groups in total. The molecule has 0 aliphatic rings. The lowest BCUT2D eigenvalue weighted by molar-refractivity contribution is 1.50. The Balaban J connectivity index is 0.000000136. The fourth-order valence-electron chi connectivity index (χ4n) is 1.26. The molecule has 17 heavy (non-hydrogen) atoms. The second-order valence-corrected chi connectivity index (χ2v) is 5.28. The summed E-state index contributed by atoms with van der Waals surface area (Å²) in [5, 5.41) is 0.794. The van der Waals surface area contributed by atoms with E-state index in [1.54, 1.807) is 0 Å². The third-order valence-electron chi connectivity index (χ3n) is 2.00. The summed E-state index contributed by atoms with van der Waals surface area (Å²) in [6, 6.07) is 17.4. The van der Waals surface area contributed by atoms with Gasteiger partial charge in [0, 0.05) is 5.02 Å². The molecule has 1 nitrogen and oxygen atoms in total. The van der Waals surface area contributed by atoms with E-state index in [4.69, 9.17) is 23.2 Å². The number of para-hydroxylation sites is 1. The van der Waals surface area contributed by atoms with Gasteiger partial charge in [0.15, 0.2) is 4.47 Å². The topological polar surface area (TPSA) is 12.9 Å². The largest absolute Gasteiger partial charge is 0.225 e. The Labute approximate surface area is 114 Å². The first kappa shape index (κ1) is 12.4.